The second-order valence-corrected chi connectivity index (χ2v) is 10.4. The summed E-state index contributed by atoms with van der Waals surface area (Å²) in [4.78, 5) is 26.8. The van der Waals surface area contributed by atoms with E-state index in [-0.39, 0.29) is 28.8 Å². The van der Waals surface area contributed by atoms with Gasteiger partial charge in [0, 0.05) is 35.9 Å². The Balaban J connectivity index is 1.79. The molecular formula is C22H36NO3P. The van der Waals surface area contributed by atoms with Crippen molar-refractivity contribution in [1.82, 2.24) is 4.90 Å². The molecule has 0 aliphatic heterocycles. The Morgan fingerprint density at radius 1 is 1.30 bits per heavy atom. The molecule has 3 aliphatic rings. The summed E-state index contributed by atoms with van der Waals surface area (Å²) in [7, 11) is 5.99. The lowest BCUT2D eigenvalue weighted by molar-refractivity contribution is -0.137. The molecule has 0 bridgehead atoms. The van der Waals surface area contributed by atoms with Gasteiger partial charge in [0.1, 0.15) is 5.78 Å². The zero-order valence-electron chi connectivity index (χ0n) is 17.6. The van der Waals surface area contributed by atoms with Gasteiger partial charge in [0.05, 0.1) is 11.5 Å². The van der Waals surface area contributed by atoms with Gasteiger partial charge in [0.15, 0.2) is 0 Å². The molecule has 3 rings (SSSR count). The van der Waals surface area contributed by atoms with Crippen LogP contribution < -0.4 is 0 Å². The number of carbonyl (C=O) groups is 2. The number of ketones is 1. The Morgan fingerprint density at radius 3 is 2.52 bits per heavy atom. The first kappa shape index (κ1) is 21.0. The molecule has 0 aromatic carbocycles. The maximum atomic E-state index is 12.6. The lowest BCUT2D eigenvalue weighted by atomic mass is 9.58. The average Bonchev–Trinajstić information content (AvgIpc) is 3.30. The second-order valence-electron chi connectivity index (χ2n) is 10.1. The molecule has 1 amide bonds. The minimum Gasteiger partial charge on any atom is -0.357 e. The fourth-order valence-electron chi connectivity index (χ4n) is 6.16. The number of Topliss-reactive ketones (excluding diaryl/α,β-unsaturated/α-hetero) is 1. The van der Waals surface area contributed by atoms with Crippen LogP contribution in [0.15, 0.2) is 12.2 Å². The van der Waals surface area contributed by atoms with Crippen LogP contribution in [-0.2, 0) is 14.1 Å². The van der Waals surface area contributed by atoms with Gasteiger partial charge < -0.3 is 9.42 Å². The zero-order chi connectivity index (χ0) is 20.0. The molecule has 5 heteroatoms. The Hall–Kier alpha value is -0.730. The highest BCUT2D eigenvalue weighted by atomic mass is 31.0. The topological polar surface area (TPSA) is 46.6 Å². The van der Waals surface area contributed by atoms with E-state index in [0.29, 0.717) is 11.7 Å². The molecule has 4 nitrogen and oxygen atoms in total. The molecule has 152 valence electrons. The molecule has 3 fully saturated rings. The molecule has 4 unspecified atom stereocenters. The van der Waals surface area contributed by atoms with E-state index in [1.807, 2.05) is 14.1 Å². The minimum atomic E-state index is -0.402. The molecule has 3 saturated carbocycles. The van der Waals surface area contributed by atoms with Gasteiger partial charge in [-0.3, -0.25) is 9.59 Å². The van der Waals surface area contributed by atoms with Crippen LogP contribution in [0.5, 0.6) is 0 Å². The first-order valence-corrected chi connectivity index (χ1v) is 10.8. The summed E-state index contributed by atoms with van der Waals surface area (Å²) in [6.45, 7) is 6.91. The number of allylic oxidation sites excluding steroid dienone is 1. The smallest absolute Gasteiger partial charge is 0.231 e. The fourth-order valence-corrected chi connectivity index (χ4v) is 6.52. The molecule has 27 heavy (non-hydrogen) atoms. The fraction of sp³-hybridized carbons (Fsp3) is 0.818. The van der Waals surface area contributed by atoms with Crippen LogP contribution in [0.25, 0.3) is 0 Å². The molecule has 0 saturated heterocycles. The summed E-state index contributed by atoms with van der Waals surface area (Å²) in [6, 6.07) is 0. The van der Waals surface area contributed by atoms with Crippen LogP contribution in [-0.4, -0.2) is 36.8 Å². The van der Waals surface area contributed by atoms with Crippen LogP contribution >= 0.6 is 9.47 Å². The number of nitrogens with zero attached hydrogens (tertiary/aromatic N) is 1. The Morgan fingerprint density at radius 2 is 1.96 bits per heavy atom. The van der Waals surface area contributed by atoms with Gasteiger partial charge in [-0.2, -0.15) is 0 Å². The standard InChI is InChI=1S/C22H36NO3P/c1-20(2,17-9-8-15-16(24)7-6-11-21(15,17)3)12-10-18(26-27)22(13-14-22)19(25)23(4)5/h10,12,15,17-18H,6-9,11,13-14,27H2,1-5H3/t15?,17?,18?,21-/m0/s1. The van der Waals surface area contributed by atoms with Crippen molar-refractivity contribution in [3.8, 4) is 0 Å². The summed E-state index contributed by atoms with van der Waals surface area (Å²) in [5.41, 5.74) is -0.322. The summed E-state index contributed by atoms with van der Waals surface area (Å²) in [5.74, 6) is 1.36. The number of hydrogen-bond acceptors (Lipinski definition) is 3. The van der Waals surface area contributed by atoms with Crippen LogP contribution in [0.4, 0.5) is 0 Å². The number of carbonyl (C=O) groups excluding carboxylic acids is 2. The number of rotatable bonds is 6. The maximum absolute atomic E-state index is 12.6. The molecule has 0 aromatic heterocycles. The van der Waals surface area contributed by atoms with Crippen LogP contribution in [0, 0.1) is 28.1 Å². The van der Waals surface area contributed by atoms with E-state index in [2.05, 4.69) is 42.4 Å². The highest BCUT2D eigenvalue weighted by molar-refractivity contribution is 7.09. The van der Waals surface area contributed by atoms with E-state index < -0.39 is 5.41 Å². The zero-order valence-corrected chi connectivity index (χ0v) is 18.7. The summed E-state index contributed by atoms with van der Waals surface area (Å²) < 4.78 is 5.68. The van der Waals surface area contributed by atoms with Gasteiger partial charge in [0.2, 0.25) is 5.91 Å². The normalized spacial score (nSPS) is 33.8. The van der Waals surface area contributed by atoms with E-state index in [9.17, 15) is 9.59 Å². The van der Waals surface area contributed by atoms with E-state index in [4.69, 9.17) is 4.52 Å². The molecule has 0 spiro atoms. The molecule has 3 aliphatic carbocycles. The van der Waals surface area contributed by atoms with Crippen LogP contribution in [0.3, 0.4) is 0 Å². The summed E-state index contributed by atoms with van der Waals surface area (Å²) in [5, 5.41) is 0. The van der Waals surface area contributed by atoms with Gasteiger partial charge in [-0.25, -0.2) is 0 Å². The molecule has 0 radical (unpaired) electrons. The van der Waals surface area contributed by atoms with Crippen molar-refractivity contribution in [2.24, 2.45) is 28.1 Å². The predicted octanol–water partition coefficient (Wildman–Crippen LogP) is 4.40. The molecule has 0 aromatic rings. The van der Waals surface area contributed by atoms with Gasteiger partial charge >= 0.3 is 0 Å². The third kappa shape index (κ3) is 3.53. The largest absolute Gasteiger partial charge is 0.357 e. The first-order chi connectivity index (χ1) is 12.6. The monoisotopic (exact) mass is 393 g/mol. The average molecular weight is 394 g/mol. The van der Waals surface area contributed by atoms with Gasteiger partial charge in [-0.05, 0) is 55.3 Å². The van der Waals surface area contributed by atoms with Crippen molar-refractivity contribution < 1.29 is 14.1 Å². The van der Waals surface area contributed by atoms with Crippen molar-refractivity contribution in [3.63, 3.8) is 0 Å². The third-order valence-electron chi connectivity index (χ3n) is 7.77. The first-order valence-electron chi connectivity index (χ1n) is 10.4. The second kappa shape index (κ2) is 7.26. The quantitative estimate of drug-likeness (QED) is 0.496. The Bertz CT molecular complexity index is 637. The van der Waals surface area contributed by atoms with Gasteiger partial charge in [-0.1, -0.05) is 32.9 Å². The highest BCUT2D eigenvalue weighted by Crippen LogP contribution is 2.60. The Kier molecular flexibility index (Phi) is 5.65. The van der Waals surface area contributed by atoms with Crippen LogP contribution in [0.2, 0.25) is 0 Å². The SMILES string of the molecule is CN(C)C(=O)C1(C(C=CC(C)(C)C2CCC3C(=O)CCC[C@@]32C)OP)CC1. The van der Waals surface area contributed by atoms with E-state index in [1.54, 1.807) is 4.90 Å². The van der Waals surface area contributed by atoms with Crippen molar-refractivity contribution >= 4 is 21.2 Å². The maximum Gasteiger partial charge on any atom is 0.231 e. The van der Waals surface area contributed by atoms with Crippen molar-refractivity contribution in [2.45, 2.75) is 71.8 Å². The third-order valence-corrected chi connectivity index (χ3v) is 8.07. The van der Waals surface area contributed by atoms with Gasteiger partial charge in [0.25, 0.3) is 0 Å². The van der Waals surface area contributed by atoms with Crippen LogP contribution in [0.1, 0.15) is 65.7 Å². The van der Waals surface area contributed by atoms with E-state index in [0.717, 1.165) is 44.9 Å². The van der Waals surface area contributed by atoms with Crippen molar-refractivity contribution in [1.29, 1.82) is 0 Å². The number of fused-ring (bicyclic) bond motifs is 1. The lowest BCUT2D eigenvalue weighted by Gasteiger charge is -2.45. The van der Waals surface area contributed by atoms with E-state index >= 15 is 0 Å². The minimum absolute atomic E-state index is 0.0280. The highest BCUT2D eigenvalue weighted by Gasteiger charge is 2.57. The summed E-state index contributed by atoms with van der Waals surface area (Å²) in [6.07, 6.45) is 11.0. The number of amides is 1. The van der Waals surface area contributed by atoms with Crippen molar-refractivity contribution in [2.75, 3.05) is 14.1 Å². The molecular weight excluding hydrogens is 357 g/mol. The predicted molar refractivity (Wildman–Crippen MR) is 111 cm³/mol. The Labute approximate surface area is 166 Å². The van der Waals surface area contributed by atoms with Crippen molar-refractivity contribution in [3.05, 3.63) is 12.2 Å². The van der Waals surface area contributed by atoms with Gasteiger partial charge in [-0.15, -0.1) is 0 Å². The van der Waals surface area contributed by atoms with E-state index in [1.165, 1.54) is 0 Å². The lowest BCUT2D eigenvalue weighted by Crippen LogP contribution is -2.42. The molecule has 5 atom stereocenters. The number of hydrogen-bond donors (Lipinski definition) is 0. The summed E-state index contributed by atoms with van der Waals surface area (Å²) >= 11 is 0. The molecule has 0 N–H and O–H groups in total. The molecule has 0 heterocycles.